The maximum Gasteiger partial charge on any atom is 0.152 e. The number of H-pyrrole nitrogens is 2. The second-order valence-electron chi connectivity index (χ2n) is 6.38. The number of anilines is 2. The molecule has 0 saturated heterocycles. The van der Waals surface area contributed by atoms with Gasteiger partial charge in [0, 0.05) is 35.2 Å². The smallest absolute Gasteiger partial charge is 0.152 e. The van der Waals surface area contributed by atoms with Gasteiger partial charge in [0.05, 0.1) is 23.7 Å². The number of benzene rings is 2. The molecule has 7 heteroatoms. The zero-order chi connectivity index (χ0) is 18.2. The fourth-order valence-electron chi connectivity index (χ4n) is 3.19. The summed E-state index contributed by atoms with van der Waals surface area (Å²) < 4.78 is 1.97. The van der Waals surface area contributed by atoms with Crippen molar-refractivity contribution in [2.75, 3.05) is 5.32 Å². The van der Waals surface area contributed by atoms with Crippen LogP contribution in [0.15, 0.2) is 67.4 Å². The predicted molar refractivity (Wildman–Crippen MR) is 105 cm³/mol. The van der Waals surface area contributed by atoms with Gasteiger partial charge in [-0.15, -0.1) is 0 Å². The molecule has 0 aliphatic rings. The summed E-state index contributed by atoms with van der Waals surface area (Å²) >= 11 is 0. The van der Waals surface area contributed by atoms with Crippen molar-refractivity contribution in [1.82, 2.24) is 29.9 Å². The van der Waals surface area contributed by atoms with Crippen LogP contribution in [0.4, 0.5) is 11.5 Å². The molecule has 3 N–H and O–H groups in total. The highest BCUT2D eigenvalue weighted by Crippen LogP contribution is 2.28. The summed E-state index contributed by atoms with van der Waals surface area (Å²) in [5, 5.41) is 19.1. The van der Waals surface area contributed by atoms with E-state index in [9.17, 15) is 0 Å². The summed E-state index contributed by atoms with van der Waals surface area (Å²) in [4.78, 5) is 4.08. The minimum Gasteiger partial charge on any atom is -0.339 e. The average molecular weight is 355 g/mol. The third-order valence-electron chi connectivity index (χ3n) is 4.71. The third kappa shape index (κ3) is 2.75. The highest BCUT2D eigenvalue weighted by Gasteiger charge is 2.08. The first-order valence-corrected chi connectivity index (χ1v) is 8.62. The van der Waals surface area contributed by atoms with Crippen LogP contribution in [-0.4, -0.2) is 29.9 Å². The molecule has 3 aromatic heterocycles. The van der Waals surface area contributed by atoms with Gasteiger partial charge in [0.25, 0.3) is 0 Å². The van der Waals surface area contributed by atoms with Crippen LogP contribution >= 0.6 is 0 Å². The number of aromatic amines is 2. The van der Waals surface area contributed by atoms with Gasteiger partial charge in [-0.3, -0.25) is 10.2 Å². The summed E-state index contributed by atoms with van der Waals surface area (Å²) in [6.07, 6.45) is 7.32. The molecule has 0 bridgehead atoms. The largest absolute Gasteiger partial charge is 0.339 e. The first kappa shape index (κ1) is 15.4. The number of aryl methyl sites for hydroxylation is 1. The monoisotopic (exact) mass is 355 g/mol. The first-order chi connectivity index (χ1) is 13.3. The van der Waals surface area contributed by atoms with Gasteiger partial charge in [0.2, 0.25) is 0 Å². The summed E-state index contributed by atoms with van der Waals surface area (Å²) in [5.74, 6) is 0.773. The Balaban J connectivity index is 1.40. The van der Waals surface area contributed by atoms with E-state index in [-0.39, 0.29) is 0 Å². The average Bonchev–Trinajstić information content (AvgIpc) is 3.46. The second-order valence-corrected chi connectivity index (χ2v) is 6.38. The van der Waals surface area contributed by atoms with Crippen LogP contribution in [-0.2, 0) is 0 Å². The number of nitrogens with one attached hydrogen (secondary N) is 3. The second kappa shape index (κ2) is 6.14. The molecule has 2 aromatic carbocycles. The number of hydrogen-bond donors (Lipinski definition) is 3. The van der Waals surface area contributed by atoms with Crippen molar-refractivity contribution in [1.29, 1.82) is 0 Å². The van der Waals surface area contributed by atoms with Crippen molar-refractivity contribution in [2.24, 2.45) is 0 Å². The maximum absolute atomic E-state index is 4.39. The first-order valence-electron chi connectivity index (χ1n) is 8.62. The summed E-state index contributed by atoms with van der Waals surface area (Å²) in [6, 6.07) is 14.3. The van der Waals surface area contributed by atoms with Gasteiger partial charge in [0.15, 0.2) is 5.82 Å². The number of imidazole rings is 1. The van der Waals surface area contributed by atoms with Gasteiger partial charge in [-0.2, -0.15) is 10.2 Å². The number of aromatic nitrogens is 6. The van der Waals surface area contributed by atoms with Crippen molar-refractivity contribution >= 4 is 22.4 Å². The van der Waals surface area contributed by atoms with Gasteiger partial charge in [-0.1, -0.05) is 12.1 Å². The van der Waals surface area contributed by atoms with Crippen molar-refractivity contribution in [3.8, 4) is 16.9 Å². The van der Waals surface area contributed by atoms with Crippen LogP contribution in [0.3, 0.4) is 0 Å². The van der Waals surface area contributed by atoms with E-state index < -0.39 is 0 Å². The zero-order valence-corrected chi connectivity index (χ0v) is 14.6. The highest BCUT2D eigenvalue weighted by atomic mass is 15.2. The lowest BCUT2D eigenvalue weighted by Crippen LogP contribution is -1.93. The molecule has 5 aromatic rings. The standard InChI is InChI=1S/C20H17N7/c1-13-16-11-22-24-18(16)7-6-17(13)23-20-10-19(25-26-20)14-2-4-15(5-3-14)27-9-8-21-12-27/h2-12H,1H3,(H,22,24)(H2,23,25,26). The molecular weight excluding hydrogens is 338 g/mol. The van der Waals surface area contributed by atoms with Crippen molar-refractivity contribution < 1.29 is 0 Å². The Hall–Kier alpha value is -3.87. The Labute approximate surface area is 155 Å². The van der Waals surface area contributed by atoms with E-state index in [4.69, 9.17) is 0 Å². The number of hydrogen-bond acceptors (Lipinski definition) is 4. The molecule has 5 rings (SSSR count). The summed E-state index contributed by atoms with van der Waals surface area (Å²) in [6.45, 7) is 2.07. The lowest BCUT2D eigenvalue weighted by atomic mass is 10.1. The third-order valence-corrected chi connectivity index (χ3v) is 4.71. The van der Waals surface area contributed by atoms with Crippen LogP contribution in [0, 0.1) is 6.92 Å². The molecule has 0 aliphatic heterocycles. The molecule has 0 unspecified atom stereocenters. The maximum atomic E-state index is 4.39. The van der Waals surface area contributed by atoms with Crippen LogP contribution < -0.4 is 5.32 Å². The van der Waals surface area contributed by atoms with Crippen molar-refractivity contribution in [3.05, 3.63) is 72.9 Å². The molecule has 3 heterocycles. The van der Waals surface area contributed by atoms with Crippen molar-refractivity contribution in [3.63, 3.8) is 0 Å². The summed E-state index contributed by atoms with van der Waals surface area (Å²) in [5.41, 5.74) is 6.27. The number of rotatable bonds is 4. The van der Waals surface area contributed by atoms with Gasteiger partial charge in [-0.25, -0.2) is 4.98 Å². The SMILES string of the molecule is Cc1c(Nc2cc(-c3ccc(-n4ccnc4)cc3)[nH]n2)ccc2[nH]ncc12. The molecule has 0 amide bonds. The van der Waals surface area contributed by atoms with Crippen LogP contribution in [0.2, 0.25) is 0 Å². The summed E-state index contributed by atoms with van der Waals surface area (Å²) in [7, 11) is 0. The Kier molecular flexibility index (Phi) is 3.50. The van der Waals surface area contributed by atoms with Gasteiger partial charge < -0.3 is 9.88 Å². The molecule has 0 atom stereocenters. The van der Waals surface area contributed by atoms with Crippen LogP contribution in [0.5, 0.6) is 0 Å². The van der Waals surface area contributed by atoms with E-state index in [0.29, 0.717) is 0 Å². The molecule has 7 nitrogen and oxygen atoms in total. The van der Waals surface area contributed by atoms with Crippen LogP contribution in [0.25, 0.3) is 27.8 Å². The van der Waals surface area contributed by atoms with E-state index in [1.807, 2.05) is 35.2 Å². The Morgan fingerprint density at radius 1 is 1.04 bits per heavy atom. The van der Waals surface area contributed by atoms with Gasteiger partial charge >= 0.3 is 0 Å². The van der Waals surface area contributed by atoms with E-state index >= 15 is 0 Å². The topological polar surface area (TPSA) is 87.2 Å². The minimum absolute atomic E-state index is 0.773. The minimum atomic E-state index is 0.773. The van der Waals surface area contributed by atoms with E-state index in [1.54, 1.807) is 12.5 Å². The lowest BCUT2D eigenvalue weighted by Gasteiger charge is -2.07. The van der Waals surface area contributed by atoms with Gasteiger partial charge in [0.1, 0.15) is 0 Å². The fourth-order valence-corrected chi connectivity index (χ4v) is 3.19. The molecule has 27 heavy (non-hydrogen) atoms. The van der Waals surface area contributed by atoms with Crippen LogP contribution in [0.1, 0.15) is 5.56 Å². The molecule has 0 saturated carbocycles. The Morgan fingerprint density at radius 3 is 2.74 bits per heavy atom. The zero-order valence-electron chi connectivity index (χ0n) is 14.6. The molecular formula is C20H17N7. The van der Waals surface area contributed by atoms with E-state index in [1.165, 1.54) is 0 Å². The molecule has 0 spiro atoms. The highest BCUT2D eigenvalue weighted by molar-refractivity contribution is 5.87. The lowest BCUT2D eigenvalue weighted by molar-refractivity contribution is 1.06. The van der Waals surface area contributed by atoms with Crippen molar-refractivity contribution in [2.45, 2.75) is 6.92 Å². The van der Waals surface area contributed by atoms with E-state index in [2.05, 4.69) is 61.9 Å². The molecule has 0 aliphatic carbocycles. The normalized spacial score (nSPS) is 11.1. The van der Waals surface area contributed by atoms with Gasteiger partial charge in [-0.05, 0) is 42.3 Å². The predicted octanol–water partition coefficient (Wildman–Crippen LogP) is 4.19. The Morgan fingerprint density at radius 2 is 1.93 bits per heavy atom. The molecule has 0 fully saturated rings. The Bertz CT molecular complexity index is 1200. The number of fused-ring (bicyclic) bond motifs is 1. The van der Waals surface area contributed by atoms with E-state index in [0.717, 1.165) is 44.9 Å². The molecule has 132 valence electrons. The fraction of sp³-hybridized carbons (Fsp3) is 0.0500. The quantitative estimate of drug-likeness (QED) is 0.451. The number of nitrogens with zero attached hydrogens (tertiary/aromatic N) is 4. The molecule has 0 radical (unpaired) electrons.